The van der Waals surface area contributed by atoms with Crippen molar-refractivity contribution in [2.24, 2.45) is 0 Å². The van der Waals surface area contributed by atoms with Crippen LogP contribution in [0.2, 0.25) is 0 Å². The summed E-state index contributed by atoms with van der Waals surface area (Å²) in [5, 5.41) is 0. The Hall–Kier alpha value is -1.22. The molecule has 0 spiro atoms. The van der Waals surface area contributed by atoms with Crippen LogP contribution in [0.4, 0.5) is 4.39 Å². The van der Waals surface area contributed by atoms with Crippen LogP contribution in [0.5, 0.6) is 0 Å². The van der Waals surface area contributed by atoms with Gasteiger partial charge in [-0.1, -0.05) is 26.0 Å². The zero-order valence-corrected chi connectivity index (χ0v) is 11.3. The highest BCUT2D eigenvalue weighted by molar-refractivity contribution is 5.84. The number of benzene rings is 1. The number of ketones is 1. The summed E-state index contributed by atoms with van der Waals surface area (Å²) >= 11 is 0. The minimum atomic E-state index is -0.625. The van der Waals surface area contributed by atoms with E-state index in [1.54, 1.807) is 19.1 Å². The van der Waals surface area contributed by atoms with Crippen LogP contribution < -0.4 is 0 Å². The largest absolute Gasteiger partial charge is 0.366 e. The molecule has 0 heterocycles. The van der Waals surface area contributed by atoms with Crippen LogP contribution in [0.3, 0.4) is 0 Å². The highest BCUT2D eigenvalue weighted by Crippen LogP contribution is 2.23. The molecule has 0 aliphatic carbocycles. The van der Waals surface area contributed by atoms with Gasteiger partial charge in [-0.05, 0) is 37.0 Å². The second-order valence-corrected chi connectivity index (χ2v) is 4.48. The van der Waals surface area contributed by atoms with Gasteiger partial charge in [-0.2, -0.15) is 0 Å². The van der Waals surface area contributed by atoms with Crippen molar-refractivity contribution in [1.82, 2.24) is 0 Å². The molecule has 0 aliphatic rings. The lowest BCUT2D eigenvalue weighted by Crippen LogP contribution is -2.16. The zero-order chi connectivity index (χ0) is 13.5. The first-order chi connectivity index (χ1) is 8.60. The predicted molar refractivity (Wildman–Crippen MR) is 70.0 cm³/mol. The fraction of sp³-hybridized carbons (Fsp3) is 0.533. The molecule has 2 nitrogen and oxygen atoms in total. The number of rotatable bonds is 7. The third kappa shape index (κ3) is 3.91. The summed E-state index contributed by atoms with van der Waals surface area (Å²) in [6.07, 6.45) is 1.45. The maximum atomic E-state index is 13.5. The van der Waals surface area contributed by atoms with Crippen molar-refractivity contribution in [3.05, 3.63) is 35.1 Å². The van der Waals surface area contributed by atoms with E-state index in [9.17, 15) is 9.18 Å². The zero-order valence-electron chi connectivity index (χ0n) is 11.3. The molecule has 0 fully saturated rings. The molecule has 0 amide bonds. The van der Waals surface area contributed by atoms with Crippen LogP contribution >= 0.6 is 0 Å². The Kier molecular flexibility index (Phi) is 5.99. The van der Waals surface area contributed by atoms with Crippen LogP contribution in [0.1, 0.15) is 50.3 Å². The van der Waals surface area contributed by atoms with Crippen LogP contribution in [-0.2, 0) is 9.53 Å². The molecule has 0 saturated heterocycles. The van der Waals surface area contributed by atoms with Crippen LogP contribution in [-0.4, -0.2) is 12.4 Å². The maximum Gasteiger partial charge on any atom is 0.166 e. The number of carbonyl (C=O) groups is 1. The van der Waals surface area contributed by atoms with E-state index in [4.69, 9.17) is 4.74 Å². The summed E-state index contributed by atoms with van der Waals surface area (Å²) in [6.45, 7) is 6.14. The smallest absolute Gasteiger partial charge is 0.166 e. The lowest BCUT2D eigenvalue weighted by molar-refractivity contribution is -0.131. The maximum absolute atomic E-state index is 13.5. The molecule has 18 heavy (non-hydrogen) atoms. The highest BCUT2D eigenvalue weighted by Gasteiger charge is 2.20. The Morgan fingerprint density at radius 3 is 2.61 bits per heavy atom. The van der Waals surface area contributed by atoms with E-state index in [0.29, 0.717) is 24.2 Å². The molecule has 100 valence electrons. The number of hydrogen-bond donors (Lipinski definition) is 0. The van der Waals surface area contributed by atoms with E-state index in [1.807, 2.05) is 13.8 Å². The van der Waals surface area contributed by atoms with Crippen LogP contribution in [0, 0.1) is 12.7 Å². The molecule has 1 rings (SSSR count). The molecule has 0 radical (unpaired) electrons. The van der Waals surface area contributed by atoms with Gasteiger partial charge >= 0.3 is 0 Å². The van der Waals surface area contributed by atoms with Gasteiger partial charge in [0.2, 0.25) is 0 Å². The SMILES string of the molecule is CCCOC(C(=O)CCC)c1ccc(C)c(F)c1. The van der Waals surface area contributed by atoms with E-state index in [0.717, 1.165) is 12.8 Å². The van der Waals surface area contributed by atoms with Gasteiger partial charge in [0.05, 0.1) is 0 Å². The van der Waals surface area contributed by atoms with E-state index in [2.05, 4.69) is 0 Å². The molecule has 0 N–H and O–H groups in total. The molecule has 1 atom stereocenters. The second-order valence-electron chi connectivity index (χ2n) is 4.48. The van der Waals surface area contributed by atoms with Crippen LogP contribution in [0.15, 0.2) is 18.2 Å². The quantitative estimate of drug-likeness (QED) is 0.734. The Bertz CT molecular complexity index is 401. The van der Waals surface area contributed by atoms with Crippen molar-refractivity contribution in [3.63, 3.8) is 0 Å². The summed E-state index contributed by atoms with van der Waals surface area (Å²) in [5.41, 5.74) is 1.20. The molecule has 1 unspecified atom stereocenters. The fourth-order valence-corrected chi connectivity index (χ4v) is 1.76. The molecule has 0 aromatic heterocycles. The molecule has 0 aliphatic heterocycles. The van der Waals surface area contributed by atoms with Crippen molar-refractivity contribution in [1.29, 1.82) is 0 Å². The lowest BCUT2D eigenvalue weighted by atomic mass is 10.0. The minimum Gasteiger partial charge on any atom is -0.366 e. The normalized spacial score (nSPS) is 12.4. The topological polar surface area (TPSA) is 26.3 Å². The standard InChI is InChI=1S/C15H21FO2/c1-4-6-14(17)15(18-9-5-2)12-8-7-11(3)13(16)10-12/h7-8,10,15H,4-6,9H2,1-3H3. The fourth-order valence-electron chi connectivity index (χ4n) is 1.76. The second kappa shape index (κ2) is 7.27. The number of aryl methyl sites for hydroxylation is 1. The number of halogens is 1. The van der Waals surface area contributed by atoms with Gasteiger partial charge in [0.1, 0.15) is 11.9 Å². The molecular weight excluding hydrogens is 231 g/mol. The molecular formula is C15H21FO2. The third-order valence-electron chi connectivity index (χ3n) is 2.78. The van der Waals surface area contributed by atoms with Crippen molar-refractivity contribution in [2.45, 2.75) is 46.1 Å². The Labute approximate surface area is 108 Å². The third-order valence-corrected chi connectivity index (χ3v) is 2.78. The van der Waals surface area contributed by atoms with Gasteiger partial charge in [0.25, 0.3) is 0 Å². The summed E-state index contributed by atoms with van der Waals surface area (Å²) < 4.78 is 19.1. The number of Topliss-reactive ketones (excluding diaryl/α,β-unsaturated/α-hetero) is 1. The molecule has 1 aromatic carbocycles. The average Bonchev–Trinajstić information content (AvgIpc) is 2.34. The Morgan fingerprint density at radius 2 is 2.06 bits per heavy atom. The highest BCUT2D eigenvalue weighted by atomic mass is 19.1. The summed E-state index contributed by atoms with van der Waals surface area (Å²) in [5.74, 6) is -0.267. The van der Waals surface area contributed by atoms with Gasteiger partial charge in [-0.25, -0.2) is 4.39 Å². The summed E-state index contributed by atoms with van der Waals surface area (Å²) in [4.78, 5) is 12.0. The molecule has 0 bridgehead atoms. The van der Waals surface area contributed by atoms with E-state index in [1.165, 1.54) is 6.07 Å². The van der Waals surface area contributed by atoms with Crippen molar-refractivity contribution in [2.75, 3.05) is 6.61 Å². The Morgan fingerprint density at radius 1 is 1.33 bits per heavy atom. The van der Waals surface area contributed by atoms with Crippen LogP contribution in [0.25, 0.3) is 0 Å². The van der Waals surface area contributed by atoms with E-state index >= 15 is 0 Å². The monoisotopic (exact) mass is 252 g/mol. The minimum absolute atomic E-state index is 0.0224. The molecule has 1 aromatic rings. The van der Waals surface area contributed by atoms with Gasteiger partial charge in [0.15, 0.2) is 5.78 Å². The van der Waals surface area contributed by atoms with Crippen molar-refractivity contribution >= 4 is 5.78 Å². The lowest BCUT2D eigenvalue weighted by Gasteiger charge is -2.17. The van der Waals surface area contributed by atoms with Crippen molar-refractivity contribution < 1.29 is 13.9 Å². The summed E-state index contributed by atoms with van der Waals surface area (Å²) in [6, 6.07) is 4.86. The molecule has 3 heteroatoms. The predicted octanol–water partition coefficient (Wildman–Crippen LogP) is 3.97. The first-order valence-electron chi connectivity index (χ1n) is 6.50. The Balaban J connectivity index is 2.93. The van der Waals surface area contributed by atoms with Gasteiger partial charge in [-0.3, -0.25) is 4.79 Å². The average molecular weight is 252 g/mol. The van der Waals surface area contributed by atoms with Gasteiger partial charge in [-0.15, -0.1) is 0 Å². The van der Waals surface area contributed by atoms with Gasteiger partial charge in [0, 0.05) is 13.0 Å². The number of carbonyl (C=O) groups excluding carboxylic acids is 1. The first-order valence-corrected chi connectivity index (χ1v) is 6.50. The number of ether oxygens (including phenoxy) is 1. The molecule has 0 saturated carbocycles. The first kappa shape index (κ1) is 14.8. The van der Waals surface area contributed by atoms with Gasteiger partial charge < -0.3 is 4.74 Å². The van der Waals surface area contributed by atoms with Crippen molar-refractivity contribution in [3.8, 4) is 0 Å². The summed E-state index contributed by atoms with van der Waals surface area (Å²) in [7, 11) is 0. The number of hydrogen-bond acceptors (Lipinski definition) is 2. The van der Waals surface area contributed by atoms with E-state index in [-0.39, 0.29) is 11.6 Å². The van der Waals surface area contributed by atoms with E-state index < -0.39 is 6.10 Å².